The molecule has 0 radical (unpaired) electrons. The molecule has 0 saturated heterocycles. The first-order valence-corrected chi connectivity index (χ1v) is 6.29. The van der Waals surface area contributed by atoms with Crippen LogP contribution in [0.25, 0.3) is 0 Å². The zero-order valence-electron chi connectivity index (χ0n) is 11.3. The molecule has 0 spiro atoms. The third kappa shape index (κ3) is 3.70. The van der Waals surface area contributed by atoms with Gasteiger partial charge in [-0.25, -0.2) is 0 Å². The lowest BCUT2D eigenvalue weighted by atomic mass is 10.1. The van der Waals surface area contributed by atoms with Crippen LogP contribution in [0.1, 0.15) is 10.4 Å². The Morgan fingerprint density at radius 2 is 1.71 bits per heavy atom. The number of para-hydroxylation sites is 1. The Morgan fingerprint density at radius 3 is 2.33 bits per heavy atom. The van der Waals surface area contributed by atoms with Crippen molar-refractivity contribution in [2.75, 3.05) is 16.4 Å². The smallest absolute Gasteiger partial charge is 0.257 e. The summed E-state index contributed by atoms with van der Waals surface area (Å²) >= 11 is 0. The fraction of sp³-hybridized carbons (Fsp3) is 0. The summed E-state index contributed by atoms with van der Waals surface area (Å²) in [5.41, 5.74) is 7.67. The van der Waals surface area contributed by atoms with Crippen molar-refractivity contribution in [2.45, 2.75) is 0 Å². The highest BCUT2D eigenvalue weighted by Crippen LogP contribution is 2.19. The van der Waals surface area contributed by atoms with Gasteiger partial charge in [-0.15, -0.1) is 0 Å². The largest absolute Gasteiger partial charge is 0.398 e. The van der Waals surface area contributed by atoms with Gasteiger partial charge in [0.1, 0.15) is 0 Å². The number of carbonyl (C=O) groups is 2. The SMILES string of the molecule is C=CC(=O)Nc1ccc(C(=O)Nc2ccccc2)c(N)c1. The van der Waals surface area contributed by atoms with E-state index >= 15 is 0 Å². The van der Waals surface area contributed by atoms with Crippen LogP contribution in [0.5, 0.6) is 0 Å². The van der Waals surface area contributed by atoms with Gasteiger partial charge >= 0.3 is 0 Å². The lowest BCUT2D eigenvalue weighted by Crippen LogP contribution is -2.14. The van der Waals surface area contributed by atoms with E-state index in [9.17, 15) is 9.59 Å². The Bertz CT molecular complexity index is 681. The quantitative estimate of drug-likeness (QED) is 0.595. The van der Waals surface area contributed by atoms with Crippen molar-refractivity contribution in [1.82, 2.24) is 0 Å². The van der Waals surface area contributed by atoms with Crippen molar-refractivity contribution in [3.05, 3.63) is 66.7 Å². The molecule has 0 aliphatic carbocycles. The molecule has 2 amide bonds. The highest BCUT2D eigenvalue weighted by atomic mass is 16.2. The Hall–Kier alpha value is -3.08. The van der Waals surface area contributed by atoms with E-state index in [0.29, 0.717) is 16.9 Å². The molecule has 21 heavy (non-hydrogen) atoms. The summed E-state index contributed by atoms with van der Waals surface area (Å²) in [4.78, 5) is 23.3. The highest BCUT2D eigenvalue weighted by Gasteiger charge is 2.11. The molecule has 5 heteroatoms. The first-order chi connectivity index (χ1) is 10.1. The number of nitrogens with two attached hydrogens (primary N) is 1. The van der Waals surface area contributed by atoms with Crippen LogP contribution in [0.3, 0.4) is 0 Å². The van der Waals surface area contributed by atoms with Crippen molar-refractivity contribution in [3.63, 3.8) is 0 Å². The van der Waals surface area contributed by atoms with E-state index in [1.54, 1.807) is 24.3 Å². The Morgan fingerprint density at radius 1 is 1.00 bits per heavy atom. The molecule has 2 aromatic rings. The Labute approximate surface area is 122 Å². The van der Waals surface area contributed by atoms with Crippen molar-refractivity contribution < 1.29 is 9.59 Å². The second-order valence-corrected chi connectivity index (χ2v) is 4.32. The number of benzene rings is 2. The molecule has 0 aliphatic heterocycles. The number of rotatable bonds is 4. The number of carbonyl (C=O) groups excluding carboxylic acids is 2. The molecule has 106 valence electrons. The summed E-state index contributed by atoms with van der Waals surface area (Å²) < 4.78 is 0. The molecule has 4 N–H and O–H groups in total. The van der Waals surface area contributed by atoms with Gasteiger partial charge in [0, 0.05) is 17.1 Å². The van der Waals surface area contributed by atoms with Gasteiger partial charge in [0.2, 0.25) is 5.91 Å². The van der Waals surface area contributed by atoms with E-state index in [1.807, 2.05) is 18.2 Å². The zero-order valence-corrected chi connectivity index (χ0v) is 11.3. The third-order valence-corrected chi connectivity index (χ3v) is 2.78. The Balaban J connectivity index is 2.15. The van der Waals surface area contributed by atoms with Crippen LogP contribution in [-0.4, -0.2) is 11.8 Å². The number of nitrogens with one attached hydrogen (secondary N) is 2. The molecule has 0 aliphatic rings. The molecule has 2 aromatic carbocycles. The maximum atomic E-state index is 12.1. The van der Waals surface area contributed by atoms with E-state index in [-0.39, 0.29) is 17.5 Å². The van der Waals surface area contributed by atoms with Crippen LogP contribution in [-0.2, 0) is 4.79 Å². The Kier molecular flexibility index (Phi) is 4.36. The van der Waals surface area contributed by atoms with Crippen LogP contribution in [0.2, 0.25) is 0 Å². The average molecular weight is 281 g/mol. The van der Waals surface area contributed by atoms with Crippen LogP contribution >= 0.6 is 0 Å². The van der Waals surface area contributed by atoms with Crippen LogP contribution in [0.4, 0.5) is 17.1 Å². The fourth-order valence-electron chi connectivity index (χ4n) is 1.76. The molecule has 0 fully saturated rings. The van der Waals surface area contributed by atoms with Gasteiger partial charge in [0.25, 0.3) is 5.91 Å². The molecule has 0 aromatic heterocycles. The van der Waals surface area contributed by atoms with Gasteiger partial charge in [0.15, 0.2) is 0 Å². The summed E-state index contributed by atoms with van der Waals surface area (Å²) in [7, 11) is 0. The van der Waals surface area contributed by atoms with Gasteiger partial charge in [-0.05, 0) is 36.4 Å². The molecule has 0 unspecified atom stereocenters. The van der Waals surface area contributed by atoms with E-state index in [0.717, 1.165) is 6.08 Å². The maximum absolute atomic E-state index is 12.1. The molecule has 5 nitrogen and oxygen atoms in total. The standard InChI is InChI=1S/C16H15N3O2/c1-2-15(20)18-12-8-9-13(14(17)10-12)16(21)19-11-6-4-3-5-7-11/h2-10H,1,17H2,(H,18,20)(H,19,21). The van der Waals surface area contributed by atoms with Crippen molar-refractivity contribution in [3.8, 4) is 0 Å². The predicted octanol–water partition coefficient (Wildman–Crippen LogP) is 2.65. The van der Waals surface area contributed by atoms with E-state index in [4.69, 9.17) is 5.73 Å². The molecule has 0 atom stereocenters. The minimum Gasteiger partial charge on any atom is -0.398 e. The van der Waals surface area contributed by atoms with Gasteiger partial charge in [-0.2, -0.15) is 0 Å². The van der Waals surface area contributed by atoms with E-state index < -0.39 is 0 Å². The van der Waals surface area contributed by atoms with Crippen molar-refractivity contribution in [2.24, 2.45) is 0 Å². The average Bonchev–Trinajstić information content (AvgIpc) is 2.48. The summed E-state index contributed by atoms with van der Waals surface area (Å²) in [5.74, 6) is -0.642. The number of hydrogen-bond donors (Lipinski definition) is 3. The summed E-state index contributed by atoms with van der Waals surface area (Å²) in [5, 5.41) is 5.33. The number of amides is 2. The number of anilines is 3. The third-order valence-electron chi connectivity index (χ3n) is 2.78. The van der Waals surface area contributed by atoms with E-state index in [2.05, 4.69) is 17.2 Å². The highest BCUT2D eigenvalue weighted by molar-refractivity contribution is 6.08. The number of nitrogen functional groups attached to an aromatic ring is 1. The van der Waals surface area contributed by atoms with Gasteiger partial charge in [-0.3, -0.25) is 9.59 Å². The molecule has 0 saturated carbocycles. The van der Waals surface area contributed by atoms with Gasteiger partial charge < -0.3 is 16.4 Å². The number of hydrogen-bond acceptors (Lipinski definition) is 3. The molecule has 0 heterocycles. The molecule has 2 rings (SSSR count). The minimum atomic E-state index is -0.337. The van der Waals surface area contributed by atoms with Gasteiger partial charge in [-0.1, -0.05) is 24.8 Å². The molecule has 0 bridgehead atoms. The normalized spacial score (nSPS) is 9.71. The van der Waals surface area contributed by atoms with Crippen LogP contribution < -0.4 is 16.4 Å². The van der Waals surface area contributed by atoms with Crippen molar-refractivity contribution >= 4 is 28.9 Å². The molecular weight excluding hydrogens is 266 g/mol. The van der Waals surface area contributed by atoms with Crippen molar-refractivity contribution in [1.29, 1.82) is 0 Å². The minimum absolute atomic E-state index is 0.283. The summed E-state index contributed by atoms with van der Waals surface area (Å²) in [6, 6.07) is 13.8. The van der Waals surface area contributed by atoms with Crippen LogP contribution in [0.15, 0.2) is 61.2 Å². The first kappa shape index (κ1) is 14.3. The second-order valence-electron chi connectivity index (χ2n) is 4.32. The summed E-state index contributed by atoms with van der Waals surface area (Å²) in [6.45, 7) is 3.36. The topological polar surface area (TPSA) is 84.2 Å². The van der Waals surface area contributed by atoms with Crippen LogP contribution in [0, 0.1) is 0 Å². The lowest BCUT2D eigenvalue weighted by molar-refractivity contribution is -0.111. The van der Waals surface area contributed by atoms with Gasteiger partial charge in [0.05, 0.1) is 5.56 Å². The summed E-state index contributed by atoms with van der Waals surface area (Å²) in [6.07, 6.45) is 1.16. The predicted molar refractivity (Wildman–Crippen MR) is 84.1 cm³/mol. The second kappa shape index (κ2) is 6.38. The first-order valence-electron chi connectivity index (χ1n) is 6.29. The lowest BCUT2D eigenvalue weighted by Gasteiger charge is -2.09. The molecular formula is C16H15N3O2. The van der Waals surface area contributed by atoms with E-state index in [1.165, 1.54) is 6.07 Å². The zero-order chi connectivity index (χ0) is 15.2. The monoisotopic (exact) mass is 281 g/mol. The fourth-order valence-corrected chi connectivity index (χ4v) is 1.76. The maximum Gasteiger partial charge on any atom is 0.257 e.